The van der Waals surface area contributed by atoms with Crippen molar-refractivity contribution in [1.82, 2.24) is 25.5 Å². The summed E-state index contributed by atoms with van der Waals surface area (Å²) in [5.41, 5.74) is 4.35. The number of phosphoric acid groups is 1. The second-order valence-electron chi connectivity index (χ2n) is 14.2. The molecule has 0 aliphatic carbocycles. The Morgan fingerprint density at radius 2 is 1.60 bits per heavy atom. The summed E-state index contributed by atoms with van der Waals surface area (Å²) in [4.78, 5) is 70.8. The molecule has 18 heteroatoms. The molecule has 2 heterocycles. The standard InChI is InChI=1S/C39H53AsN5O9PS2/c1-26(2)35(44-39(48)45(5)22-31-24-56-37(43-31)27(3)4)36(46)42-30(18-28-12-8-6-9-13-28)20-34(52-16-17-54-55(49,50)51)33(19-29-14-10-7-11-15-29)40-38(47)53-23-32-21-41-25-57-32/h6-15,21,24-27,30,33-35,40H,16-20,22-23H2,1-5H3,(H,42,46)(H,44,48)(H2,49,50,51)/t30-,33-,34-,35-/m0/s1. The molecule has 1 unspecified atom stereocenters. The smallest absolute Gasteiger partial charge is 0.0160 e. The van der Waals surface area contributed by atoms with Gasteiger partial charge in [0.25, 0.3) is 0 Å². The Morgan fingerprint density at radius 3 is 2.18 bits per heavy atom. The summed E-state index contributed by atoms with van der Waals surface area (Å²) in [6.07, 6.45) is 2.08. The zero-order valence-electron chi connectivity index (χ0n) is 32.8. The Bertz CT molecular complexity index is 1870. The van der Waals surface area contributed by atoms with Crippen LogP contribution in [-0.2, 0) is 49.4 Å². The fourth-order valence-electron chi connectivity index (χ4n) is 5.91. The maximum Gasteiger partial charge on any atom is 0.0160 e. The number of amides is 3. The number of carbonyl (C=O) groups is 3. The SMILES string of the molecule is CC(C)c1nc(CN(C)C(=O)N[C@H](C(=O)N[C@@H](Cc2ccccc2)C[C@H](OCCOP(=O)(O)O)[C@H](Cc2ccccc2)[AsH]C(=O)OCc2cncs2)C(C)C)cs1. The summed E-state index contributed by atoms with van der Waals surface area (Å²) in [6, 6.07) is 17.4. The van der Waals surface area contributed by atoms with Crippen molar-refractivity contribution in [2.24, 2.45) is 5.92 Å². The van der Waals surface area contributed by atoms with Crippen LogP contribution >= 0.6 is 30.5 Å². The normalized spacial score (nSPS) is 14.1. The van der Waals surface area contributed by atoms with Crippen LogP contribution in [0.3, 0.4) is 0 Å². The molecule has 2 aromatic carbocycles. The molecular formula is C39H53AsN5O9PS2. The van der Waals surface area contributed by atoms with Gasteiger partial charge in [-0.1, -0.05) is 13.8 Å². The van der Waals surface area contributed by atoms with E-state index in [0.717, 1.165) is 26.7 Å². The zero-order chi connectivity index (χ0) is 41.4. The van der Waals surface area contributed by atoms with E-state index in [-0.39, 0.29) is 60.0 Å². The molecule has 4 aromatic rings. The van der Waals surface area contributed by atoms with E-state index < -0.39 is 47.8 Å². The fourth-order valence-corrected chi connectivity index (χ4v) is 10.1. The van der Waals surface area contributed by atoms with Crippen molar-refractivity contribution in [3.8, 4) is 0 Å². The van der Waals surface area contributed by atoms with Crippen LogP contribution in [0.15, 0.2) is 77.8 Å². The van der Waals surface area contributed by atoms with Crippen LogP contribution in [-0.4, -0.2) is 95.6 Å². The van der Waals surface area contributed by atoms with Crippen LogP contribution in [0.5, 0.6) is 0 Å². The predicted molar refractivity (Wildman–Crippen MR) is 223 cm³/mol. The number of hydrogen-bond donors (Lipinski definition) is 4. The molecule has 0 bridgehead atoms. The van der Waals surface area contributed by atoms with E-state index in [1.54, 1.807) is 30.1 Å². The topological polar surface area (TPSA) is 190 Å². The minimum Gasteiger partial charge on any atom is -0.127 e. The Kier molecular flexibility index (Phi) is 18.8. The number of rotatable bonds is 23. The predicted octanol–water partition coefficient (Wildman–Crippen LogP) is 6.31. The molecule has 5 atom stereocenters. The number of urea groups is 1. The van der Waals surface area contributed by atoms with Gasteiger partial charge in [-0.05, 0) is 0 Å². The van der Waals surface area contributed by atoms with Gasteiger partial charge in [-0.2, -0.15) is 0 Å². The van der Waals surface area contributed by atoms with Crippen molar-refractivity contribution in [3.05, 3.63) is 104 Å². The molecule has 0 spiro atoms. The van der Waals surface area contributed by atoms with Crippen molar-refractivity contribution in [2.45, 2.75) is 88.9 Å². The van der Waals surface area contributed by atoms with Gasteiger partial charge in [0.1, 0.15) is 0 Å². The molecule has 2 aromatic heterocycles. The Hall–Kier alpha value is -3.46. The van der Waals surface area contributed by atoms with Crippen LogP contribution in [0.1, 0.15) is 66.7 Å². The van der Waals surface area contributed by atoms with Gasteiger partial charge in [-0.25, -0.2) is 4.98 Å². The van der Waals surface area contributed by atoms with Gasteiger partial charge < -0.3 is 0 Å². The molecule has 310 valence electrons. The van der Waals surface area contributed by atoms with Crippen molar-refractivity contribution < 1.29 is 42.7 Å². The van der Waals surface area contributed by atoms with Gasteiger partial charge in [0.05, 0.1) is 5.01 Å². The van der Waals surface area contributed by atoms with Crippen molar-refractivity contribution in [1.29, 1.82) is 0 Å². The van der Waals surface area contributed by atoms with E-state index in [4.69, 9.17) is 14.0 Å². The molecule has 0 fully saturated rings. The first-order valence-electron chi connectivity index (χ1n) is 18.6. The third kappa shape index (κ3) is 16.7. The molecule has 0 aliphatic rings. The van der Waals surface area contributed by atoms with E-state index in [2.05, 4.69) is 34.4 Å². The number of phosphoric ester groups is 1. The summed E-state index contributed by atoms with van der Waals surface area (Å²) in [5.74, 6) is -0.377. The number of thiazole rings is 2. The van der Waals surface area contributed by atoms with Gasteiger partial charge in [-0.3, -0.25) is 0 Å². The van der Waals surface area contributed by atoms with Crippen LogP contribution in [0.2, 0.25) is 4.71 Å². The maximum atomic E-state index is 14.2. The number of benzene rings is 2. The van der Waals surface area contributed by atoms with Gasteiger partial charge in [0.2, 0.25) is 0 Å². The second kappa shape index (κ2) is 23.2. The largest absolute Gasteiger partial charge is 0.127 e. The number of nitrogens with zero attached hydrogens (tertiary/aromatic N) is 3. The van der Waals surface area contributed by atoms with Crippen LogP contribution < -0.4 is 10.6 Å². The number of aromatic nitrogens is 2. The quantitative estimate of drug-likeness (QED) is 0.0371. The third-order valence-corrected chi connectivity index (χ3v) is 14.0. The maximum absolute atomic E-state index is 14.2. The van der Waals surface area contributed by atoms with E-state index in [0.29, 0.717) is 12.8 Å². The Labute approximate surface area is 349 Å². The molecule has 0 radical (unpaired) electrons. The summed E-state index contributed by atoms with van der Waals surface area (Å²) < 4.78 is 27.6. The zero-order valence-corrected chi connectivity index (χ0v) is 37.4. The number of ether oxygens (including phenoxy) is 2. The molecule has 3 amide bonds. The number of hydrogen-bond acceptors (Lipinski definition) is 11. The molecule has 4 rings (SSSR count). The first-order valence-corrected chi connectivity index (χ1v) is 24.2. The van der Waals surface area contributed by atoms with Crippen molar-refractivity contribution in [3.63, 3.8) is 0 Å². The van der Waals surface area contributed by atoms with E-state index in [1.807, 2.05) is 79.9 Å². The minimum absolute atomic E-state index is 0.0969. The second-order valence-corrected chi connectivity index (χ2v) is 20.3. The van der Waals surface area contributed by atoms with Crippen LogP contribution in [0, 0.1) is 5.92 Å². The number of carbonyl (C=O) groups excluding carboxylic acids is 3. The van der Waals surface area contributed by atoms with E-state index in [9.17, 15) is 28.7 Å². The van der Waals surface area contributed by atoms with Crippen LogP contribution in [0.25, 0.3) is 0 Å². The Morgan fingerprint density at radius 1 is 0.930 bits per heavy atom. The fraction of sp³-hybridized carbons (Fsp3) is 0.462. The summed E-state index contributed by atoms with van der Waals surface area (Å²) in [7, 11) is -3.10. The van der Waals surface area contributed by atoms with Gasteiger partial charge in [-0.15, -0.1) is 11.3 Å². The van der Waals surface area contributed by atoms with Crippen molar-refractivity contribution >= 4 is 62.9 Å². The molecular weight excluding hydrogens is 852 g/mol. The average molecular weight is 906 g/mol. The summed E-state index contributed by atoms with van der Waals surface area (Å²) in [6.45, 7) is 7.66. The third-order valence-electron chi connectivity index (χ3n) is 8.78. The summed E-state index contributed by atoms with van der Waals surface area (Å²) in [5, 5.41) is 9.04. The van der Waals surface area contributed by atoms with Crippen LogP contribution in [0.4, 0.5) is 9.59 Å². The Balaban J connectivity index is 1.58. The van der Waals surface area contributed by atoms with Gasteiger partial charge >= 0.3 is 304 Å². The molecule has 0 saturated heterocycles. The average Bonchev–Trinajstić information content (AvgIpc) is 3.87. The van der Waals surface area contributed by atoms with E-state index in [1.165, 1.54) is 16.2 Å². The first kappa shape index (κ1) is 46.2. The minimum atomic E-state index is -4.76. The van der Waals surface area contributed by atoms with E-state index >= 15 is 0 Å². The van der Waals surface area contributed by atoms with Gasteiger partial charge in [0, 0.05) is 11.3 Å². The monoisotopic (exact) mass is 905 g/mol. The van der Waals surface area contributed by atoms with Crippen molar-refractivity contribution in [2.75, 3.05) is 20.3 Å². The first-order chi connectivity index (χ1) is 27.2. The molecule has 14 nitrogen and oxygen atoms in total. The molecule has 0 saturated carbocycles. The molecule has 57 heavy (non-hydrogen) atoms. The number of nitrogens with one attached hydrogen (secondary N) is 2. The molecule has 0 aliphatic heterocycles. The van der Waals surface area contributed by atoms with Gasteiger partial charge in [0.15, 0.2) is 0 Å². The molecule has 4 N–H and O–H groups in total. The summed E-state index contributed by atoms with van der Waals surface area (Å²) >= 11 is 1.40.